The molecular weight excluding hydrogens is 348 g/mol. The average Bonchev–Trinajstić information content (AvgIpc) is 2.41. The lowest BCUT2D eigenvalue weighted by Crippen LogP contribution is -1.98. The van der Waals surface area contributed by atoms with Crippen LogP contribution in [0.3, 0.4) is 0 Å². The maximum atomic E-state index is 11.0. The molecule has 0 saturated heterocycles. The number of hydrogen-bond donors (Lipinski definition) is 1. The van der Waals surface area contributed by atoms with Crippen molar-refractivity contribution in [2.24, 2.45) is 5.73 Å². The van der Waals surface area contributed by atoms with Crippen molar-refractivity contribution >= 4 is 33.2 Å². The smallest absolute Gasteiger partial charge is 0.313 e. The molecule has 0 aliphatic carbocycles. The molecule has 0 radical (unpaired) electrons. The third-order valence-electron chi connectivity index (χ3n) is 2.61. The summed E-state index contributed by atoms with van der Waals surface area (Å²) in [6.07, 6.45) is 0. The van der Waals surface area contributed by atoms with Crippen LogP contribution in [0.4, 0.5) is 5.69 Å². The Kier molecular flexibility index (Phi) is 4.59. The van der Waals surface area contributed by atoms with Crippen LogP contribution in [-0.2, 0) is 6.54 Å². The van der Waals surface area contributed by atoms with E-state index in [1.54, 1.807) is 18.2 Å². The monoisotopic (exact) mass is 356 g/mol. The Morgan fingerprint density at radius 1 is 1.35 bits per heavy atom. The summed E-state index contributed by atoms with van der Waals surface area (Å²) in [5, 5.41) is 11.2. The van der Waals surface area contributed by atoms with Gasteiger partial charge in [0.2, 0.25) is 5.75 Å². The van der Waals surface area contributed by atoms with Crippen molar-refractivity contribution in [3.8, 4) is 11.5 Å². The van der Waals surface area contributed by atoms with Crippen molar-refractivity contribution in [1.29, 1.82) is 0 Å². The average molecular weight is 358 g/mol. The van der Waals surface area contributed by atoms with Gasteiger partial charge in [-0.3, -0.25) is 10.1 Å². The van der Waals surface area contributed by atoms with Crippen molar-refractivity contribution in [2.45, 2.75) is 6.54 Å². The molecule has 7 heteroatoms. The lowest BCUT2D eigenvalue weighted by atomic mass is 10.2. The molecule has 0 aliphatic rings. The number of ether oxygens (including phenoxy) is 1. The Balaban J connectivity index is 2.39. The summed E-state index contributed by atoms with van der Waals surface area (Å²) in [7, 11) is 0. The molecule has 0 aliphatic heterocycles. The van der Waals surface area contributed by atoms with Crippen LogP contribution < -0.4 is 10.5 Å². The predicted octanol–water partition coefficient (Wildman–Crippen LogP) is 4.26. The number of nitrogens with zero attached hydrogens (tertiary/aromatic N) is 1. The van der Waals surface area contributed by atoms with E-state index in [1.807, 2.05) is 0 Å². The van der Waals surface area contributed by atoms with Crippen molar-refractivity contribution in [3.63, 3.8) is 0 Å². The van der Waals surface area contributed by atoms with Gasteiger partial charge in [-0.2, -0.15) is 0 Å². The topological polar surface area (TPSA) is 78.4 Å². The number of rotatable bonds is 4. The highest BCUT2D eigenvalue weighted by Gasteiger charge is 2.19. The molecule has 0 unspecified atom stereocenters. The maximum absolute atomic E-state index is 11.0. The number of hydrogen-bond acceptors (Lipinski definition) is 4. The van der Waals surface area contributed by atoms with Crippen LogP contribution in [0.1, 0.15) is 5.56 Å². The Bertz CT molecular complexity index is 664. The van der Waals surface area contributed by atoms with E-state index in [4.69, 9.17) is 22.1 Å². The second-order valence-electron chi connectivity index (χ2n) is 3.90. The van der Waals surface area contributed by atoms with E-state index in [0.717, 1.165) is 10.0 Å². The molecular formula is C13H10BrClN2O3. The van der Waals surface area contributed by atoms with Crippen LogP contribution in [0.25, 0.3) is 0 Å². The molecule has 2 aromatic rings. The molecule has 2 rings (SSSR count). The highest BCUT2D eigenvalue weighted by Crippen LogP contribution is 2.38. The molecule has 2 N–H and O–H groups in total. The largest absolute Gasteiger partial charge is 0.448 e. The zero-order valence-corrected chi connectivity index (χ0v) is 12.5. The zero-order chi connectivity index (χ0) is 14.7. The van der Waals surface area contributed by atoms with E-state index in [2.05, 4.69) is 15.9 Å². The molecule has 0 fully saturated rings. The van der Waals surface area contributed by atoms with E-state index in [1.165, 1.54) is 18.2 Å². The SMILES string of the molecule is NCc1ccc(Oc2c(Cl)cccc2[N+](=O)[O-])cc1Br. The molecule has 0 spiro atoms. The van der Waals surface area contributed by atoms with E-state index >= 15 is 0 Å². The Morgan fingerprint density at radius 2 is 2.10 bits per heavy atom. The van der Waals surface area contributed by atoms with E-state index in [-0.39, 0.29) is 16.5 Å². The number of para-hydroxylation sites is 1. The van der Waals surface area contributed by atoms with Gasteiger partial charge in [0, 0.05) is 17.1 Å². The van der Waals surface area contributed by atoms with Crippen LogP contribution in [0, 0.1) is 10.1 Å². The van der Waals surface area contributed by atoms with Gasteiger partial charge in [0.05, 0.1) is 9.95 Å². The number of benzene rings is 2. The lowest BCUT2D eigenvalue weighted by Gasteiger charge is -2.09. The summed E-state index contributed by atoms with van der Waals surface area (Å²) < 4.78 is 6.31. The normalized spacial score (nSPS) is 10.3. The fourth-order valence-electron chi connectivity index (χ4n) is 1.62. The van der Waals surface area contributed by atoms with Gasteiger partial charge in [-0.05, 0) is 23.8 Å². The fraction of sp³-hybridized carbons (Fsp3) is 0.0769. The minimum absolute atomic E-state index is 0.0200. The van der Waals surface area contributed by atoms with Crippen molar-refractivity contribution in [1.82, 2.24) is 0 Å². The molecule has 0 saturated carbocycles. The second-order valence-corrected chi connectivity index (χ2v) is 5.17. The summed E-state index contributed by atoms with van der Waals surface area (Å²) in [6.45, 7) is 0.382. The molecule has 20 heavy (non-hydrogen) atoms. The van der Waals surface area contributed by atoms with Gasteiger partial charge in [0.15, 0.2) is 0 Å². The minimum Gasteiger partial charge on any atom is -0.448 e. The third-order valence-corrected chi connectivity index (χ3v) is 3.64. The first-order chi connectivity index (χ1) is 9.52. The highest BCUT2D eigenvalue weighted by molar-refractivity contribution is 9.10. The summed E-state index contributed by atoms with van der Waals surface area (Å²) in [5.74, 6) is 0.455. The van der Waals surface area contributed by atoms with Gasteiger partial charge in [0.1, 0.15) is 5.75 Å². The molecule has 5 nitrogen and oxygen atoms in total. The molecule has 0 aromatic heterocycles. The fourth-order valence-corrected chi connectivity index (χ4v) is 2.34. The predicted molar refractivity (Wildman–Crippen MR) is 80.2 cm³/mol. The van der Waals surface area contributed by atoms with Crippen LogP contribution in [0.15, 0.2) is 40.9 Å². The van der Waals surface area contributed by atoms with Crippen LogP contribution in [0.2, 0.25) is 5.02 Å². The Labute approximate surface area is 128 Å². The minimum atomic E-state index is -0.537. The number of nitro groups is 1. The maximum Gasteiger partial charge on any atom is 0.313 e. The zero-order valence-electron chi connectivity index (χ0n) is 10.2. The van der Waals surface area contributed by atoms with Gasteiger partial charge >= 0.3 is 5.69 Å². The molecule has 104 valence electrons. The number of nitrogens with two attached hydrogens (primary N) is 1. The standard InChI is InChI=1S/C13H10BrClN2O3/c14-10-6-9(5-4-8(10)7-16)20-13-11(15)2-1-3-12(13)17(18)19/h1-6H,7,16H2. The van der Waals surface area contributed by atoms with E-state index in [0.29, 0.717) is 12.3 Å². The first-order valence-electron chi connectivity index (χ1n) is 5.62. The first kappa shape index (κ1) is 14.8. The Hall–Kier alpha value is -1.63. The van der Waals surface area contributed by atoms with Gasteiger partial charge in [-0.25, -0.2) is 0 Å². The lowest BCUT2D eigenvalue weighted by molar-refractivity contribution is -0.385. The van der Waals surface area contributed by atoms with Crippen LogP contribution in [-0.4, -0.2) is 4.92 Å². The molecule has 0 bridgehead atoms. The first-order valence-corrected chi connectivity index (χ1v) is 6.79. The summed E-state index contributed by atoms with van der Waals surface area (Å²) in [4.78, 5) is 10.4. The Morgan fingerprint density at radius 3 is 2.70 bits per heavy atom. The third kappa shape index (κ3) is 3.09. The number of nitro benzene ring substituents is 1. The van der Waals surface area contributed by atoms with Gasteiger partial charge in [-0.1, -0.05) is 39.7 Å². The van der Waals surface area contributed by atoms with Crippen molar-refractivity contribution < 1.29 is 9.66 Å². The molecule has 0 amide bonds. The summed E-state index contributed by atoms with van der Waals surface area (Å²) >= 11 is 9.32. The van der Waals surface area contributed by atoms with Crippen LogP contribution >= 0.6 is 27.5 Å². The van der Waals surface area contributed by atoms with Gasteiger partial charge in [0.25, 0.3) is 0 Å². The summed E-state index contributed by atoms with van der Waals surface area (Å²) in [6, 6.07) is 9.52. The molecule has 2 aromatic carbocycles. The highest BCUT2D eigenvalue weighted by atomic mass is 79.9. The summed E-state index contributed by atoms with van der Waals surface area (Å²) in [5.41, 5.74) is 6.28. The molecule has 0 atom stereocenters. The van der Waals surface area contributed by atoms with E-state index < -0.39 is 4.92 Å². The van der Waals surface area contributed by atoms with Crippen molar-refractivity contribution in [3.05, 3.63) is 61.6 Å². The van der Waals surface area contributed by atoms with Crippen LogP contribution in [0.5, 0.6) is 11.5 Å². The van der Waals surface area contributed by atoms with Gasteiger partial charge < -0.3 is 10.5 Å². The van der Waals surface area contributed by atoms with E-state index in [9.17, 15) is 10.1 Å². The number of halogens is 2. The molecule has 0 heterocycles. The van der Waals surface area contributed by atoms with Crippen molar-refractivity contribution in [2.75, 3.05) is 0 Å². The quantitative estimate of drug-likeness (QED) is 0.655. The van der Waals surface area contributed by atoms with Gasteiger partial charge in [-0.15, -0.1) is 0 Å². The second kappa shape index (κ2) is 6.21.